The van der Waals surface area contributed by atoms with E-state index in [0.717, 1.165) is 5.56 Å². The van der Waals surface area contributed by atoms with Crippen molar-refractivity contribution in [3.05, 3.63) is 71.2 Å². The fourth-order valence-corrected chi connectivity index (χ4v) is 2.81. The number of hydrogen-bond acceptors (Lipinski definition) is 5. The molecule has 2 aromatic carbocycles. The summed E-state index contributed by atoms with van der Waals surface area (Å²) in [6.07, 6.45) is 0. The standard InChI is InChI=1S/C17H13N3O3S/c21-14-9-5-4-8-12(14)15(22)19-20-16(23)13-10-24-17(18-13)11-6-2-1-3-7-11/h1-10,21H,(H,19,22)(H,20,23). The topological polar surface area (TPSA) is 91.3 Å². The molecule has 120 valence electrons. The fourth-order valence-electron chi connectivity index (χ4n) is 2.00. The van der Waals surface area contributed by atoms with E-state index >= 15 is 0 Å². The van der Waals surface area contributed by atoms with Gasteiger partial charge in [-0.3, -0.25) is 20.4 Å². The number of aromatic nitrogens is 1. The first-order valence-corrected chi connectivity index (χ1v) is 7.93. The minimum absolute atomic E-state index is 0.0704. The van der Waals surface area contributed by atoms with E-state index < -0.39 is 11.8 Å². The maximum Gasteiger partial charge on any atom is 0.289 e. The fraction of sp³-hybridized carbons (Fsp3) is 0. The van der Waals surface area contributed by atoms with Gasteiger partial charge in [-0.1, -0.05) is 42.5 Å². The molecule has 3 rings (SSSR count). The maximum atomic E-state index is 12.1. The Morgan fingerprint density at radius 3 is 2.33 bits per heavy atom. The molecular weight excluding hydrogens is 326 g/mol. The van der Waals surface area contributed by atoms with Crippen LogP contribution in [-0.4, -0.2) is 21.9 Å². The summed E-state index contributed by atoms with van der Waals surface area (Å²) < 4.78 is 0. The van der Waals surface area contributed by atoms with Crippen molar-refractivity contribution >= 4 is 23.2 Å². The zero-order valence-electron chi connectivity index (χ0n) is 12.4. The highest BCUT2D eigenvalue weighted by Crippen LogP contribution is 2.23. The second-order valence-electron chi connectivity index (χ2n) is 4.83. The van der Waals surface area contributed by atoms with E-state index in [9.17, 15) is 14.7 Å². The highest BCUT2D eigenvalue weighted by atomic mass is 32.1. The summed E-state index contributed by atoms with van der Waals surface area (Å²) in [5, 5.41) is 11.9. The van der Waals surface area contributed by atoms with Crippen LogP contribution >= 0.6 is 11.3 Å². The smallest absolute Gasteiger partial charge is 0.289 e. The van der Waals surface area contributed by atoms with Gasteiger partial charge in [0.2, 0.25) is 0 Å². The number of phenolic OH excluding ortho intramolecular Hbond substituents is 1. The number of hydrogen-bond donors (Lipinski definition) is 3. The average Bonchev–Trinajstić information content (AvgIpc) is 3.11. The Morgan fingerprint density at radius 2 is 1.58 bits per heavy atom. The molecule has 0 saturated carbocycles. The first-order chi connectivity index (χ1) is 11.6. The Bertz CT molecular complexity index is 878. The van der Waals surface area contributed by atoms with Crippen LogP contribution in [0.2, 0.25) is 0 Å². The number of benzene rings is 2. The first kappa shape index (κ1) is 15.7. The van der Waals surface area contributed by atoms with Crippen LogP contribution in [0.3, 0.4) is 0 Å². The molecule has 0 fully saturated rings. The molecular formula is C17H13N3O3S. The van der Waals surface area contributed by atoms with Crippen molar-refractivity contribution in [2.75, 3.05) is 0 Å². The largest absolute Gasteiger partial charge is 0.507 e. The molecule has 3 N–H and O–H groups in total. The van der Waals surface area contributed by atoms with Gasteiger partial charge in [-0.15, -0.1) is 11.3 Å². The van der Waals surface area contributed by atoms with Crippen LogP contribution in [0.5, 0.6) is 5.75 Å². The van der Waals surface area contributed by atoms with Crippen LogP contribution in [0.4, 0.5) is 0 Å². The molecule has 0 spiro atoms. The molecule has 2 amide bonds. The van der Waals surface area contributed by atoms with E-state index in [1.54, 1.807) is 17.5 Å². The van der Waals surface area contributed by atoms with E-state index in [-0.39, 0.29) is 17.0 Å². The van der Waals surface area contributed by atoms with Crippen molar-refractivity contribution in [1.82, 2.24) is 15.8 Å². The zero-order valence-corrected chi connectivity index (χ0v) is 13.2. The molecule has 0 atom stereocenters. The second kappa shape index (κ2) is 6.93. The van der Waals surface area contributed by atoms with Crippen LogP contribution in [0, 0.1) is 0 Å². The molecule has 0 saturated heterocycles. The second-order valence-corrected chi connectivity index (χ2v) is 5.69. The third kappa shape index (κ3) is 3.41. The molecule has 7 heteroatoms. The van der Waals surface area contributed by atoms with Gasteiger partial charge in [0.15, 0.2) is 0 Å². The number of para-hydroxylation sites is 1. The van der Waals surface area contributed by atoms with Gasteiger partial charge in [0.05, 0.1) is 5.56 Å². The maximum absolute atomic E-state index is 12.1. The van der Waals surface area contributed by atoms with Crippen molar-refractivity contribution in [2.45, 2.75) is 0 Å². The molecule has 0 aliphatic carbocycles. The van der Waals surface area contributed by atoms with Crippen molar-refractivity contribution < 1.29 is 14.7 Å². The van der Waals surface area contributed by atoms with Crippen LogP contribution in [0.1, 0.15) is 20.8 Å². The molecule has 0 radical (unpaired) electrons. The summed E-state index contributed by atoms with van der Waals surface area (Å²) in [5.74, 6) is -1.30. The highest BCUT2D eigenvalue weighted by Gasteiger charge is 2.14. The average molecular weight is 339 g/mol. The zero-order chi connectivity index (χ0) is 16.9. The Kier molecular flexibility index (Phi) is 4.53. The summed E-state index contributed by atoms with van der Waals surface area (Å²) in [5.41, 5.74) is 5.73. The lowest BCUT2D eigenvalue weighted by atomic mass is 10.2. The number of carbonyl (C=O) groups excluding carboxylic acids is 2. The highest BCUT2D eigenvalue weighted by molar-refractivity contribution is 7.13. The predicted octanol–water partition coefficient (Wildman–Crippen LogP) is 2.59. The molecule has 0 aliphatic rings. The number of rotatable bonds is 3. The summed E-state index contributed by atoms with van der Waals surface area (Å²) >= 11 is 1.34. The quantitative estimate of drug-likeness (QED) is 0.640. The molecule has 0 aliphatic heterocycles. The number of nitrogens with zero attached hydrogens (tertiary/aromatic N) is 1. The summed E-state index contributed by atoms with van der Waals surface area (Å²) in [7, 11) is 0. The Balaban J connectivity index is 1.65. The number of phenols is 1. The molecule has 1 aromatic heterocycles. The normalized spacial score (nSPS) is 10.2. The summed E-state index contributed by atoms with van der Waals surface area (Å²) in [6.45, 7) is 0. The molecule has 6 nitrogen and oxygen atoms in total. The minimum Gasteiger partial charge on any atom is -0.507 e. The number of nitrogens with one attached hydrogen (secondary N) is 2. The van der Waals surface area contributed by atoms with Gasteiger partial charge in [0, 0.05) is 10.9 Å². The lowest BCUT2D eigenvalue weighted by Gasteiger charge is -2.07. The van der Waals surface area contributed by atoms with Crippen molar-refractivity contribution in [2.24, 2.45) is 0 Å². The summed E-state index contributed by atoms with van der Waals surface area (Å²) in [6, 6.07) is 15.6. The van der Waals surface area contributed by atoms with Crippen LogP contribution < -0.4 is 10.9 Å². The molecule has 3 aromatic rings. The molecule has 0 unspecified atom stereocenters. The Labute approximate surface area is 141 Å². The minimum atomic E-state index is -0.611. The first-order valence-electron chi connectivity index (χ1n) is 7.05. The number of amides is 2. The van der Waals surface area contributed by atoms with Crippen molar-refractivity contribution in [3.8, 4) is 16.3 Å². The van der Waals surface area contributed by atoms with Crippen LogP contribution in [0.15, 0.2) is 60.0 Å². The third-order valence-electron chi connectivity index (χ3n) is 3.20. The Morgan fingerprint density at radius 1 is 0.917 bits per heavy atom. The van der Waals surface area contributed by atoms with E-state index in [4.69, 9.17) is 0 Å². The van der Waals surface area contributed by atoms with Crippen molar-refractivity contribution in [3.63, 3.8) is 0 Å². The number of aromatic hydroxyl groups is 1. The lowest BCUT2D eigenvalue weighted by molar-refractivity contribution is 0.0842. The molecule has 24 heavy (non-hydrogen) atoms. The predicted molar refractivity (Wildman–Crippen MR) is 90.6 cm³/mol. The molecule has 0 bridgehead atoms. The van der Waals surface area contributed by atoms with Gasteiger partial charge < -0.3 is 5.11 Å². The molecule has 1 heterocycles. The van der Waals surface area contributed by atoms with E-state index in [1.165, 1.54) is 23.5 Å². The van der Waals surface area contributed by atoms with E-state index in [2.05, 4.69) is 15.8 Å². The van der Waals surface area contributed by atoms with Gasteiger partial charge in [0.1, 0.15) is 16.5 Å². The van der Waals surface area contributed by atoms with Gasteiger partial charge in [0.25, 0.3) is 11.8 Å². The SMILES string of the molecule is O=C(NNC(=O)c1ccccc1O)c1csc(-c2ccccc2)n1. The van der Waals surface area contributed by atoms with Gasteiger partial charge in [-0.2, -0.15) is 0 Å². The Hall–Kier alpha value is -3.19. The summed E-state index contributed by atoms with van der Waals surface area (Å²) in [4.78, 5) is 28.2. The van der Waals surface area contributed by atoms with Crippen molar-refractivity contribution in [1.29, 1.82) is 0 Å². The lowest BCUT2D eigenvalue weighted by Crippen LogP contribution is -2.41. The van der Waals surface area contributed by atoms with E-state index in [1.807, 2.05) is 30.3 Å². The number of hydrazine groups is 1. The van der Waals surface area contributed by atoms with Crippen LogP contribution in [0.25, 0.3) is 10.6 Å². The van der Waals surface area contributed by atoms with E-state index in [0.29, 0.717) is 5.01 Å². The van der Waals surface area contributed by atoms with Gasteiger partial charge in [-0.05, 0) is 12.1 Å². The number of carbonyl (C=O) groups is 2. The number of thiazole rings is 1. The monoisotopic (exact) mass is 339 g/mol. The van der Waals surface area contributed by atoms with Crippen LogP contribution in [-0.2, 0) is 0 Å². The third-order valence-corrected chi connectivity index (χ3v) is 4.09. The van der Waals surface area contributed by atoms with Gasteiger partial charge >= 0.3 is 0 Å². The van der Waals surface area contributed by atoms with Gasteiger partial charge in [-0.25, -0.2) is 4.98 Å².